The molecule has 1 aliphatic carbocycles. The first-order chi connectivity index (χ1) is 15.9. The van der Waals surface area contributed by atoms with Gasteiger partial charge in [-0.15, -0.1) is 0 Å². The van der Waals surface area contributed by atoms with E-state index in [1.165, 1.54) is 27.2 Å². The van der Waals surface area contributed by atoms with Crippen molar-refractivity contribution >= 4 is 34.4 Å². The molecule has 7 rings (SSSR count). The molecule has 32 heavy (non-hydrogen) atoms. The highest BCUT2D eigenvalue weighted by atomic mass is 15.2. The van der Waals surface area contributed by atoms with E-state index in [2.05, 4.69) is 90.1 Å². The molecule has 152 valence electrons. The topological polar surface area (TPSA) is 59.7 Å². The molecule has 2 aliphatic rings. The van der Waals surface area contributed by atoms with Crippen molar-refractivity contribution in [3.8, 4) is 5.69 Å². The number of fused-ring (bicyclic) bond motifs is 6. The zero-order valence-electron chi connectivity index (χ0n) is 17.1. The third-order valence-electron chi connectivity index (χ3n) is 6.48. The van der Waals surface area contributed by atoms with Crippen LogP contribution < -0.4 is 15.5 Å². The Hall–Kier alpha value is -4.32. The van der Waals surface area contributed by atoms with Crippen LogP contribution in [0.15, 0.2) is 86.0 Å². The Balaban J connectivity index is 1.56. The summed E-state index contributed by atoms with van der Waals surface area (Å²) in [5.41, 5.74) is 5.63. The maximum absolute atomic E-state index is 4.28. The van der Waals surface area contributed by atoms with Crippen LogP contribution in [0, 0.1) is 0 Å². The molecule has 2 aromatic carbocycles. The molecule has 2 unspecified atom stereocenters. The van der Waals surface area contributed by atoms with E-state index in [0.717, 1.165) is 16.9 Å². The normalized spacial score (nSPS) is 18.4. The summed E-state index contributed by atoms with van der Waals surface area (Å²) in [5, 5.41) is 3.64. The summed E-state index contributed by atoms with van der Waals surface area (Å²) in [6.45, 7) is 0. The Morgan fingerprint density at radius 3 is 2.19 bits per heavy atom. The van der Waals surface area contributed by atoms with E-state index in [4.69, 9.17) is 0 Å². The van der Waals surface area contributed by atoms with Gasteiger partial charge in [0.15, 0.2) is 0 Å². The summed E-state index contributed by atoms with van der Waals surface area (Å²) < 4.78 is 2.27. The minimum Gasteiger partial charge on any atom is -0.331 e. The summed E-state index contributed by atoms with van der Waals surface area (Å²) in [6.07, 6.45) is 15.5. The largest absolute Gasteiger partial charge is 0.331 e. The van der Waals surface area contributed by atoms with E-state index < -0.39 is 0 Å². The molecule has 2 atom stereocenters. The summed E-state index contributed by atoms with van der Waals surface area (Å²) in [4.78, 5) is 19.5. The van der Waals surface area contributed by atoms with Gasteiger partial charge in [-0.2, -0.15) is 0 Å². The van der Waals surface area contributed by atoms with Gasteiger partial charge < -0.3 is 9.47 Å². The number of hydrogen-bond acceptors (Lipinski definition) is 5. The van der Waals surface area contributed by atoms with Crippen molar-refractivity contribution in [2.45, 2.75) is 12.0 Å². The van der Waals surface area contributed by atoms with Crippen molar-refractivity contribution < 1.29 is 0 Å². The SMILES string of the molecule is C1=c2c(n(-c3cncnc3)c3ccccc23)=CC2c3ccccc3N(c3cncnc3)C12. The molecule has 0 bridgehead atoms. The molecule has 6 heteroatoms. The zero-order valence-corrected chi connectivity index (χ0v) is 17.1. The average molecular weight is 414 g/mol. The van der Waals surface area contributed by atoms with E-state index >= 15 is 0 Å². The fourth-order valence-electron chi connectivity index (χ4n) is 5.24. The molecule has 0 spiro atoms. The molecule has 3 aromatic heterocycles. The van der Waals surface area contributed by atoms with Gasteiger partial charge in [0.1, 0.15) is 12.7 Å². The maximum Gasteiger partial charge on any atom is 0.115 e. The molecule has 6 nitrogen and oxygen atoms in total. The third kappa shape index (κ3) is 2.34. The van der Waals surface area contributed by atoms with Crippen LogP contribution >= 0.6 is 0 Å². The lowest BCUT2D eigenvalue weighted by Gasteiger charge is -2.28. The third-order valence-corrected chi connectivity index (χ3v) is 6.48. The molecule has 0 amide bonds. The van der Waals surface area contributed by atoms with Gasteiger partial charge in [-0.1, -0.05) is 42.5 Å². The van der Waals surface area contributed by atoms with E-state index in [-0.39, 0.29) is 12.0 Å². The minimum atomic E-state index is 0.150. The number of rotatable bonds is 2. The van der Waals surface area contributed by atoms with E-state index in [0.29, 0.717) is 0 Å². The monoisotopic (exact) mass is 414 g/mol. The zero-order chi connectivity index (χ0) is 21.1. The number of anilines is 2. The van der Waals surface area contributed by atoms with Crippen molar-refractivity contribution in [2.75, 3.05) is 4.90 Å². The highest BCUT2D eigenvalue weighted by Gasteiger charge is 2.38. The molecular formula is C26H18N6. The first kappa shape index (κ1) is 17.4. The first-order valence-corrected chi connectivity index (χ1v) is 10.6. The van der Waals surface area contributed by atoms with Gasteiger partial charge in [-0.05, 0) is 23.8 Å². The highest BCUT2D eigenvalue weighted by Crippen LogP contribution is 2.46. The molecular weight excluding hydrogens is 396 g/mol. The Kier molecular flexibility index (Phi) is 3.58. The molecule has 4 heterocycles. The molecule has 5 aromatic rings. The number of aromatic nitrogens is 5. The second-order valence-corrected chi connectivity index (χ2v) is 8.12. The van der Waals surface area contributed by atoms with Crippen LogP contribution in [0.1, 0.15) is 11.5 Å². The van der Waals surface area contributed by atoms with Gasteiger partial charge in [0.05, 0.1) is 53.1 Å². The van der Waals surface area contributed by atoms with Gasteiger partial charge in [0.2, 0.25) is 0 Å². The molecule has 0 N–H and O–H groups in total. The van der Waals surface area contributed by atoms with Crippen LogP contribution in [0.2, 0.25) is 0 Å². The molecule has 0 radical (unpaired) electrons. The summed E-state index contributed by atoms with van der Waals surface area (Å²) in [6, 6.07) is 17.3. The van der Waals surface area contributed by atoms with Crippen LogP contribution in [-0.2, 0) is 0 Å². The van der Waals surface area contributed by atoms with E-state index in [9.17, 15) is 0 Å². The number of hydrogen-bond donors (Lipinski definition) is 0. The minimum absolute atomic E-state index is 0.150. The van der Waals surface area contributed by atoms with Crippen LogP contribution in [0.5, 0.6) is 0 Å². The maximum atomic E-state index is 4.28. The molecule has 1 aliphatic heterocycles. The number of nitrogens with zero attached hydrogens (tertiary/aromatic N) is 6. The number of benzene rings is 2. The van der Waals surface area contributed by atoms with E-state index in [1.807, 2.05) is 24.8 Å². The second-order valence-electron chi connectivity index (χ2n) is 8.12. The van der Waals surface area contributed by atoms with Gasteiger partial charge in [0.25, 0.3) is 0 Å². The average Bonchev–Trinajstić information content (AvgIpc) is 3.36. The van der Waals surface area contributed by atoms with E-state index in [1.54, 1.807) is 12.7 Å². The van der Waals surface area contributed by atoms with Crippen LogP contribution in [-0.4, -0.2) is 30.5 Å². The van der Waals surface area contributed by atoms with Crippen LogP contribution in [0.3, 0.4) is 0 Å². The second kappa shape index (κ2) is 6.59. The molecule has 0 saturated carbocycles. The lowest BCUT2D eigenvalue weighted by atomic mass is 9.90. The smallest absolute Gasteiger partial charge is 0.115 e. The van der Waals surface area contributed by atoms with Crippen molar-refractivity contribution in [2.24, 2.45) is 0 Å². The highest BCUT2D eigenvalue weighted by molar-refractivity contribution is 5.87. The summed E-state index contributed by atoms with van der Waals surface area (Å²) in [7, 11) is 0. The van der Waals surface area contributed by atoms with Gasteiger partial charge in [-0.3, -0.25) is 0 Å². The lowest BCUT2D eigenvalue weighted by Crippen LogP contribution is -2.39. The van der Waals surface area contributed by atoms with Gasteiger partial charge in [-0.25, -0.2) is 19.9 Å². The Bertz CT molecular complexity index is 1590. The standard InChI is InChI=1S/C26H18N6/c1-3-7-23-19(5-1)21-9-26-22(10-25(21)31(23)17-11-27-15-28-12-17)20-6-2-4-8-24(20)32(26)18-13-29-16-30-14-18/h1-16,21,25H. The predicted octanol–water partition coefficient (Wildman–Crippen LogP) is 3.09. The Morgan fingerprint density at radius 2 is 1.38 bits per heavy atom. The quantitative estimate of drug-likeness (QED) is 0.444. The van der Waals surface area contributed by atoms with Gasteiger partial charge in [0, 0.05) is 22.2 Å². The Morgan fingerprint density at radius 1 is 0.688 bits per heavy atom. The number of para-hydroxylation sites is 2. The molecule has 0 saturated heterocycles. The van der Waals surface area contributed by atoms with Crippen molar-refractivity contribution in [3.05, 3.63) is 102 Å². The van der Waals surface area contributed by atoms with Crippen LogP contribution in [0.4, 0.5) is 11.4 Å². The molecule has 0 fully saturated rings. The Labute approximate surface area is 183 Å². The summed E-state index contributed by atoms with van der Waals surface area (Å²) >= 11 is 0. The fourth-order valence-corrected chi connectivity index (χ4v) is 5.24. The van der Waals surface area contributed by atoms with Gasteiger partial charge >= 0.3 is 0 Å². The predicted molar refractivity (Wildman–Crippen MR) is 124 cm³/mol. The fraction of sp³-hybridized carbons (Fsp3) is 0.0769. The first-order valence-electron chi connectivity index (χ1n) is 10.6. The van der Waals surface area contributed by atoms with Crippen LogP contribution in [0.25, 0.3) is 28.7 Å². The lowest BCUT2D eigenvalue weighted by molar-refractivity contribution is 0.792. The summed E-state index contributed by atoms with van der Waals surface area (Å²) in [5.74, 6) is 0.214. The van der Waals surface area contributed by atoms with Crippen molar-refractivity contribution in [1.29, 1.82) is 0 Å². The van der Waals surface area contributed by atoms with Crippen molar-refractivity contribution in [3.63, 3.8) is 0 Å². The van der Waals surface area contributed by atoms with Crippen molar-refractivity contribution in [1.82, 2.24) is 24.5 Å².